The van der Waals surface area contributed by atoms with Crippen molar-refractivity contribution in [2.45, 2.75) is 0 Å². The molecule has 0 bridgehead atoms. The molecule has 1 aliphatic rings. The smallest absolute Gasteiger partial charge is 0.223 e. The van der Waals surface area contributed by atoms with Crippen LogP contribution in [-0.2, 0) is 14.3 Å². The number of aromatic nitrogens is 2. The predicted molar refractivity (Wildman–Crippen MR) is 125 cm³/mol. The van der Waals surface area contributed by atoms with Gasteiger partial charge in [0.2, 0.25) is 11.6 Å². The third-order valence-corrected chi connectivity index (χ3v) is 5.02. The van der Waals surface area contributed by atoms with Crippen LogP contribution in [0.5, 0.6) is 17.2 Å². The fourth-order valence-electron chi connectivity index (χ4n) is 3.17. The fourth-order valence-corrected chi connectivity index (χ4v) is 3.35. The molecule has 0 atom stereocenters. The number of halogens is 1. The summed E-state index contributed by atoms with van der Waals surface area (Å²) >= 11 is 5.94. The van der Waals surface area contributed by atoms with Crippen molar-refractivity contribution < 1.29 is 28.5 Å². The molecular formula is C24H20ClN3O6. The van der Waals surface area contributed by atoms with Gasteiger partial charge in [-0.3, -0.25) is 9.59 Å². The quantitative estimate of drug-likeness (QED) is 0.361. The second kappa shape index (κ2) is 10.3. The average Bonchev–Trinajstić information content (AvgIpc) is 2.82. The lowest BCUT2D eigenvalue weighted by molar-refractivity contribution is -0.116. The fraction of sp³-hybridized carbons (Fsp3) is 0.167. The van der Waals surface area contributed by atoms with Gasteiger partial charge in [-0.15, -0.1) is 0 Å². The topological polar surface area (TPSA) is 109 Å². The molecule has 1 aromatic heterocycles. The van der Waals surface area contributed by atoms with Gasteiger partial charge in [0.1, 0.15) is 24.5 Å². The second-order valence-electron chi connectivity index (χ2n) is 7.06. The van der Waals surface area contributed by atoms with Gasteiger partial charge in [-0.1, -0.05) is 17.7 Å². The summed E-state index contributed by atoms with van der Waals surface area (Å²) in [4.78, 5) is 33.8. The van der Waals surface area contributed by atoms with E-state index < -0.39 is 11.6 Å². The van der Waals surface area contributed by atoms with E-state index in [-0.39, 0.29) is 11.5 Å². The first-order valence-electron chi connectivity index (χ1n) is 10.2. The van der Waals surface area contributed by atoms with Crippen LogP contribution in [0.25, 0.3) is 10.9 Å². The van der Waals surface area contributed by atoms with Crippen LogP contribution >= 0.6 is 11.6 Å². The van der Waals surface area contributed by atoms with Crippen LogP contribution in [0.4, 0.5) is 5.82 Å². The van der Waals surface area contributed by atoms with E-state index in [1.165, 1.54) is 13.4 Å². The van der Waals surface area contributed by atoms with Crippen molar-refractivity contribution in [3.8, 4) is 17.2 Å². The number of carbonyl (C=O) groups is 2. The molecule has 0 spiro atoms. The molecule has 34 heavy (non-hydrogen) atoms. The van der Waals surface area contributed by atoms with Crippen LogP contribution in [0.1, 0.15) is 0 Å². The summed E-state index contributed by atoms with van der Waals surface area (Å²) in [6, 6.07) is 9.93. The van der Waals surface area contributed by atoms with Crippen molar-refractivity contribution in [1.29, 1.82) is 0 Å². The highest BCUT2D eigenvalue weighted by atomic mass is 35.5. The van der Waals surface area contributed by atoms with Crippen molar-refractivity contribution in [2.75, 3.05) is 32.8 Å². The number of fused-ring (bicyclic) bond motifs is 1. The van der Waals surface area contributed by atoms with Gasteiger partial charge in [-0.05, 0) is 24.3 Å². The molecule has 4 rings (SSSR count). The number of anilines is 1. The Hall–Kier alpha value is -3.95. The standard InChI is InChI=1S/C24H20ClN3O6/c1-31-6-7-33-23-11-17-16(9-22(23)32-2)24(27-13-26-17)28-18-10-20(30)21(12-19(18)29)34-15-5-3-4-14(25)8-15/h3-5,8-13H,6-7H2,1-2H3,(H,26,27,28). The maximum absolute atomic E-state index is 12.7. The van der Waals surface area contributed by atoms with Crippen LogP contribution in [0, 0.1) is 0 Å². The SMILES string of the molecule is COCCOc1cc2ncnc(NC3=CC(=O)C(Oc4cccc(Cl)c4)=CC3=O)c2cc1OC. The molecule has 3 aromatic rings. The number of ketones is 2. The Balaban J connectivity index is 1.57. The summed E-state index contributed by atoms with van der Waals surface area (Å²) in [5.74, 6) is 0.588. The molecule has 0 amide bonds. The predicted octanol–water partition coefficient (Wildman–Crippen LogP) is 3.73. The lowest BCUT2D eigenvalue weighted by Crippen LogP contribution is -2.21. The van der Waals surface area contributed by atoms with Crippen molar-refractivity contribution in [1.82, 2.24) is 9.97 Å². The Morgan fingerprint density at radius 3 is 2.59 bits per heavy atom. The van der Waals surface area contributed by atoms with Crippen molar-refractivity contribution in [2.24, 2.45) is 0 Å². The van der Waals surface area contributed by atoms with Gasteiger partial charge in [0, 0.05) is 35.7 Å². The number of rotatable bonds is 9. The zero-order valence-corrected chi connectivity index (χ0v) is 19.1. The summed E-state index contributed by atoms with van der Waals surface area (Å²) < 4.78 is 21.7. The molecule has 9 nitrogen and oxygen atoms in total. The number of nitrogens with one attached hydrogen (secondary N) is 1. The van der Waals surface area contributed by atoms with Crippen LogP contribution in [0.3, 0.4) is 0 Å². The monoisotopic (exact) mass is 481 g/mol. The summed E-state index contributed by atoms with van der Waals surface area (Å²) in [6.45, 7) is 0.753. The Morgan fingerprint density at radius 1 is 0.971 bits per heavy atom. The maximum Gasteiger partial charge on any atom is 0.223 e. The Bertz CT molecular complexity index is 1320. The minimum Gasteiger partial charge on any atom is -0.493 e. The van der Waals surface area contributed by atoms with Gasteiger partial charge in [0.15, 0.2) is 17.3 Å². The van der Waals surface area contributed by atoms with E-state index in [2.05, 4.69) is 15.3 Å². The van der Waals surface area contributed by atoms with E-state index in [1.807, 2.05) is 0 Å². The molecule has 1 N–H and O–H groups in total. The largest absolute Gasteiger partial charge is 0.493 e. The van der Waals surface area contributed by atoms with Crippen LogP contribution < -0.4 is 19.5 Å². The zero-order chi connectivity index (χ0) is 24.1. The molecule has 1 aliphatic carbocycles. The van der Waals surface area contributed by atoms with Gasteiger partial charge in [0.25, 0.3) is 0 Å². The Morgan fingerprint density at radius 2 is 1.82 bits per heavy atom. The molecule has 0 aliphatic heterocycles. The van der Waals surface area contributed by atoms with Crippen molar-refractivity contribution >= 4 is 39.9 Å². The average molecular weight is 482 g/mol. The summed E-state index contributed by atoms with van der Waals surface area (Å²) in [5, 5.41) is 3.94. The first kappa shape index (κ1) is 23.2. The highest BCUT2D eigenvalue weighted by Crippen LogP contribution is 2.34. The molecule has 10 heteroatoms. The molecule has 0 unspecified atom stereocenters. The first-order chi connectivity index (χ1) is 16.5. The molecule has 0 saturated carbocycles. The number of carbonyl (C=O) groups excluding carboxylic acids is 2. The van der Waals surface area contributed by atoms with E-state index in [1.54, 1.807) is 43.5 Å². The van der Waals surface area contributed by atoms with Gasteiger partial charge >= 0.3 is 0 Å². The van der Waals surface area contributed by atoms with Crippen molar-refractivity contribution in [3.05, 3.63) is 71.4 Å². The number of benzene rings is 2. The number of ether oxygens (including phenoxy) is 4. The molecular weight excluding hydrogens is 462 g/mol. The van der Waals surface area contributed by atoms with Gasteiger partial charge in [-0.25, -0.2) is 9.97 Å². The van der Waals surface area contributed by atoms with Gasteiger partial charge < -0.3 is 24.3 Å². The molecule has 0 radical (unpaired) electrons. The number of allylic oxidation sites excluding steroid dienone is 2. The molecule has 174 valence electrons. The second-order valence-corrected chi connectivity index (χ2v) is 7.50. The highest BCUT2D eigenvalue weighted by molar-refractivity contribution is 6.30. The van der Waals surface area contributed by atoms with Crippen molar-refractivity contribution in [3.63, 3.8) is 0 Å². The van der Waals surface area contributed by atoms with Gasteiger partial charge in [-0.2, -0.15) is 0 Å². The summed E-state index contributed by atoms with van der Waals surface area (Å²) in [7, 11) is 3.10. The molecule has 1 heterocycles. The lowest BCUT2D eigenvalue weighted by atomic mass is 10.1. The maximum atomic E-state index is 12.7. The third kappa shape index (κ3) is 5.16. The number of methoxy groups -OCH3 is 2. The van der Waals surface area contributed by atoms with Gasteiger partial charge in [0.05, 0.1) is 24.9 Å². The Labute approximate surface area is 200 Å². The number of hydrogen-bond donors (Lipinski definition) is 1. The van der Waals surface area contributed by atoms with E-state index in [0.717, 1.165) is 12.2 Å². The zero-order valence-electron chi connectivity index (χ0n) is 18.3. The van der Waals surface area contributed by atoms with E-state index in [0.29, 0.717) is 52.2 Å². The van der Waals surface area contributed by atoms with E-state index in [9.17, 15) is 9.59 Å². The third-order valence-electron chi connectivity index (χ3n) is 4.79. The lowest BCUT2D eigenvalue weighted by Gasteiger charge is -2.16. The molecule has 0 saturated heterocycles. The Kier molecular flexibility index (Phi) is 7.05. The van der Waals surface area contributed by atoms with E-state index >= 15 is 0 Å². The minimum atomic E-state index is -0.480. The van der Waals surface area contributed by atoms with E-state index in [4.69, 9.17) is 30.5 Å². The highest BCUT2D eigenvalue weighted by Gasteiger charge is 2.23. The summed E-state index contributed by atoms with van der Waals surface area (Å²) in [6.07, 6.45) is 3.63. The van der Waals surface area contributed by atoms with Crippen LogP contribution in [0.2, 0.25) is 5.02 Å². The number of hydrogen-bond acceptors (Lipinski definition) is 9. The normalized spacial score (nSPS) is 13.4. The first-order valence-corrected chi connectivity index (χ1v) is 10.5. The molecule has 0 fully saturated rings. The summed E-state index contributed by atoms with van der Waals surface area (Å²) in [5.41, 5.74) is 0.601. The molecule has 2 aromatic carbocycles. The van der Waals surface area contributed by atoms with Crippen LogP contribution in [0.15, 0.2) is 66.3 Å². The van der Waals surface area contributed by atoms with Crippen LogP contribution in [-0.4, -0.2) is 49.0 Å². The minimum absolute atomic E-state index is 0.0443. The number of nitrogens with zero attached hydrogens (tertiary/aromatic N) is 2.